The monoisotopic (exact) mass is 467 g/mol. The topological polar surface area (TPSA) is 71.1 Å². The molecule has 0 aromatic heterocycles. The maximum absolute atomic E-state index is 13.3. The van der Waals surface area contributed by atoms with Gasteiger partial charge in [0.25, 0.3) is 5.91 Å². The number of anilines is 1. The van der Waals surface area contributed by atoms with E-state index in [0.29, 0.717) is 30.2 Å². The van der Waals surface area contributed by atoms with Gasteiger partial charge in [0.15, 0.2) is 0 Å². The lowest BCUT2D eigenvalue weighted by Crippen LogP contribution is -2.47. The fourth-order valence-electron chi connectivity index (χ4n) is 4.36. The standard InChI is InChI=1S/C27H37N3O4/c1-19-16-30(14-13-22-9-7-6-8-10-22)20(2)18-34-25-15-23(28-21(3)31)11-12-24(25)27(32)29(4)17-26(19)33-5/h6-12,15,19-20,26H,13-14,16-18H2,1-5H3,(H,28,31)/t19-,20+,26-/m1/s1. The van der Waals surface area contributed by atoms with E-state index in [1.165, 1.54) is 12.5 Å². The molecule has 7 nitrogen and oxygen atoms in total. The van der Waals surface area contributed by atoms with Gasteiger partial charge in [-0.05, 0) is 37.0 Å². The van der Waals surface area contributed by atoms with Crippen LogP contribution in [0.5, 0.6) is 5.75 Å². The molecule has 3 rings (SSSR count). The first-order chi connectivity index (χ1) is 16.3. The Bertz CT molecular complexity index is 966. The Morgan fingerprint density at radius 1 is 1.15 bits per heavy atom. The highest BCUT2D eigenvalue weighted by Crippen LogP contribution is 2.27. The van der Waals surface area contributed by atoms with Crippen LogP contribution in [0, 0.1) is 5.92 Å². The number of carbonyl (C=O) groups excluding carboxylic acids is 2. The van der Waals surface area contributed by atoms with Crippen LogP contribution in [0.3, 0.4) is 0 Å². The summed E-state index contributed by atoms with van der Waals surface area (Å²) in [5, 5.41) is 2.77. The Morgan fingerprint density at radius 2 is 1.88 bits per heavy atom. The van der Waals surface area contributed by atoms with Gasteiger partial charge in [0.1, 0.15) is 12.4 Å². The van der Waals surface area contributed by atoms with Crippen LogP contribution in [0.15, 0.2) is 48.5 Å². The fourth-order valence-corrected chi connectivity index (χ4v) is 4.36. The molecule has 1 aliphatic rings. The quantitative estimate of drug-likeness (QED) is 0.726. The van der Waals surface area contributed by atoms with E-state index in [0.717, 1.165) is 19.5 Å². The number of ether oxygens (including phenoxy) is 2. The molecule has 0 saturated carbocycles. The fraction of sp³-hybridized carbons (Fsp3) is 0.481. The second kappa shape index (κ2) is 12.0. The van der Waals surface area contributed by atoms with E-state index in [1.54, 1.807) is 37.3 Å². The summed E-state index contributed by atoms with van der Waals surface area (Å²) in [5.74, 6) is 0.391. The first-order valence-electron chi connectivity index (χ1n) is 11.9. The smallest absolute Gasteiger partial charge is 0.257 e. The zero-order chi connectivity index (χ0) is 24.7. The van der Waals surface area contributed by atoms with Crippen molar-refractivity contribution in [1.82, 2.24) is 9.80 Å². The molecule has 184 valence electrons. The Kier molecular flexibility index (Phi) is 9.07. The summed E-state index contributed by atoms with van der Waals surface area (Å²) >= 11 is 0. The van der Waals surface area contributed by atoms with Crippen LogP contribution in [-0.4, -0.2) is 74.2 Å². The van der Waals surface area contributed by atoms with Gasteiger partial charge in [-0.1, -0.05) is 37.3 Å². The molecule has 34 heavy (non-hydrogen) atoms. The van der Waals surface area contributed by atoms with Crippen molar-refractivity contribution in [3.8, 4) is 5.75 Å². The number of hydrogen-bond acceptors (Lipinski definition) is 5. The molecule has 0 radical (unpaired) electrons. The number of fused-ring (bicyclic) bond motifs is 1. The predicted octanol–water partition coefficient (Wildman–Crippen LogP) is 3.69. The van der Waals surface area contributed by atoms with Crippen molar-refractivity contribution in [1.29, 1.82) is 0 Å². The number of hydrogen-bond donors (Lipinski definition) is 1. The molecule has 0 aliphatic carbocycles. The second-order valence-corrected chi connectivity index (χ2v) is 9.22. The lowest BCUT2D eigenvalue weighted by Gasteiger charge is -2.36. The van der Waals surface area contributed by atoms with Gasteiger partial charge in [-0.3, -0.25) is 14.5 Å². The number of rotatable bonds is 5. The Hall–Kier alpha value is -2.90. The van der Waals surface area contributed by atoms with Crippen molar-refractivity contribution in [2.45, 2.75) is 39.3 Å². The van der Waals surface area contributed by atoms with Crippen molar-refractivity contribution in [3.63, 3.8) is 0 Å². The van der Waals surface area contributed by atoms with E-state index in [4.69, 9.17) is 9.47 Å². The molecule has 0 fully saturated rings. The number of carbonyl (C=O) groups is 2. The summed E-state index contributed by atoms with van der Waals surface area (Å²) in [7, 11) is 3.49. The van der Waals surface area contributed by atoms with Gasteiger partial charge < -0.3 is 19.7 Å². The highest BCUT2D eigenvalue weighted by Gasteiger charge is 2.28. The first kappa shape index (κ1) is 25.7. The summed E-state index contributed by atoms with van der Waals surface area (Å²) in [5.41, 5.74) is 2.38. The molecule has 1 heterocycles. The number of likely N-dealkylation sites (N-methyl/N-ethyl adjacent to an activating group) is 1. The van der Waals surface area contributed by atoms with Gasteiger partial charge in [0.05, 0.1) is 11.7 Å². The summed E-state index contributed by atoms with van der Waals surface area (Å²) < 4.78 is 12.0. The van der Waals surface area contributed by atoms with Crippen molar-refractivity contribution < 1.29 is 19.1 Å². The van der Waals surface area contributed by atoms with Crippen LogP contribution in [0.25, 0.3) is 0 Å². The molecule has 2 aromatic carbocycles. The van der Waals surface area contributed by atoms with Crippen molar-refractivity contribution in [2.75, 3.05) is 45.7 Å². The Balaban J connectivity index is 1.89. The largest absolute Gasteiger partial charge is 0.491 e. The minimum absolute atomic E-state index is 0.0946. The molecule has 0 unspecified atom stereocenters. The van der Waals surface area contributed by atoms with E-state index in [-0.39, 0.29) is 29.9 Å². The lowest BCUT2D eigenvalue weighted by molar-refractivity contribution is -0.114. The zero-order valence-electron chi connectivity index (χ0n) is 20.9. The molecule has 2 aromatic rings. The average Bonchev–Trinajstić information content (AvgIpc) is 2.82. The maximum Gasteiger partial charge on any atom is 0.257 e. The number of amides is 2. The third kappa shape index (κ3) is 6.81. The van der Waals surface area contributed by atoms with E-state index in [2.05, 4.69) is 48.3 Å². The molecule has 0 bridgehead atoms. The number of methoxy groups -OCH3 is 1. The zero-order valence-corrected chi connectivity index (χ0v) is 20.9. The van der Waals surface area contributed by atoms with Crippen LogP contribution in [0.2, 0.25) is 0 Å². The summed E-state index contributed by atoms with van der Waals surface area (Å²) in [4.78, 5) is 28.9. The minimum atomic E-state index is -0.172. The van der Waals surface area contributed by atoms with Crippen LogP contribution in [0.4, 0.5) is 5.69 Å². The third-order valence-corrected chi connectivity index (χ3v) is 6.43. The van der Waals surface area contributed by atoms with Gasteiger partial charge in [-0.2, -0.15) is 0 Å². The van der Waals surface area contributed by atoms with Crippen LogP contribution in [-0.2, 0) is 16.0 Å². The maximum atomic E-state index is 13.3. The van der Waals surface area contributed by atoms with E-state index < -0.39 is 0 Å². The van der Waals surface area contributed by atoms with Crippen molar-refractivity contribution >= 4 is 17.5 Å². The molecule has 1 N–H and O–H groups in total. The van der Waals surface area contributed by atoms with Crippen molar-refractivity contribution in [3.05, 3.63) is 59.7 Å². The molecule has 0 spiro atoms. The normalized spacial score (nSPS) is 22.2. The van der Waals surface area contributed by atoms with Gasteiger partial charge in [-0.15, -0.1) is 0 Å². The molecule has 1 aliphatic heterocycles. The highest BCUT2D eigenvalue weighted by molar-refractivity contribution is 5.98. The Labute approximate surface area is 203 Å². The van der Waals surface area contributed by atoms with Crippen LogP contribution >= 0.6 is 0 Å². The van der Waals surface area contributed by atoms with Gasteiger partial charge >= 0.3 is 0 Å². The SMILES string of the molecule is CO[C@@H]1CN(C)C(=O)c2ccc(NC(C)=O)cc2OC[C@H](C)N(CCc2ccccc2)C[C@H]1C. The van der Waals surface area contributed by atoms with E-state index >= 15 is 0 Å². The second-order valence-electron chi connectivity index (χ2n) is 9.22. The Morgan fingerprint density at radius 3 is 2.56 bits per heavy atom. The third-order valence-electron chi connectivity index (χ3n) is 6.43. The molecule has 2 amide bonds. The van der Waals surface area contributed by atoms with Gasteiger partial charge in [0.2, 0.25) is 5.91 Å². The lowest BCUT2D eigenvalue weighted by atomic mass is 10.0. The average molecular weight is 468 g/mol. The van der Waals surface area contributed by atoms with Gasteiger partial charge in [0, 0.05) is 58.5 Å². The van der Waals surface area contributed by atoms with Crippen LogP contribution in [0.1, 0.15) is 36.7 Å². The highest BCUT2D eigenvalue weighted by atomic mass is 16.5. The predicted molar refractivity (Wildman–Crippen MR) is 134 cm³/mol. The number of nitrogens with zero attached hydrogens (tertiary/aromatic N) is 2. The van der Waals surface area contributed by atoms with E-state index in [9.17, 15) is 9.59 Å². The summed E-state index contributed by atoms with van der Waals surface area (Å²) in [6.07, 6.45) is 0.847. The van der Waals surface area contributed by atoms with Crippen LogP contribution < -0.4 is 10.1 Å². The molecular weight excluding hydrogens is 430 g/mol. The number of benzene rings is 2. The summed E-state index contributed by atoms with van der Waals surface area (Å²) in [6, 6.07) is 15.8. The molecular formula is C27H37N3O4. The number of nitrogens with one attached hydrogen (secondary N) is 1. The van der Waals surface area contributed by atoms with Gasteiger partial charge in [-0.25, -0.2) is 0 Å². The summed E-state index contributed by atoms with van der Waals surface area (Å²) in [6.45, 7) is 8.40. The molecule has 3 atom stereocenters. The minimum Gasteiger partial charge on any atom is -0.491 e. The first-order valence-corrected chi connectivity index (χ1v) is 11.9. The van der Waals surface area contributed by atoms with Crippen molar-refractivity contribution in [2.24, 2.45) is 5.92 Å². The molecule has 7 heteroatoms. The molecule has 0 saturated heterocycles. The van der Waals surface area contributed by atoms with E-state index in [1.807, 2.05) is 6.07 Å².